The van der Waals surface area contributed by atoms with Gasteiger partial charge in [0.05, 0.1) is 6.54 Å². The van der Waals surface area contributed by atoms with E-state index in [4.69, 9.17) is 0 Å². The normalized spacial score (nSPS) is 11.1. The molecule has 0 aliphatic heterocycles. The van der Waals surface area contributed by atoms with E-state index in [0.29, 0.717) is 13.0 Å². The Labute approximate surface area is 221 Å². The Morgan fingerprint density at radius 1 is 0.861 bits per heavy atom. The summed E-state index contributed by atoms with van der Waals surface area (Å²) in [6.45, 7) is 6.82. The summed E-state index contributed by atoms with van der Waals surface area (Å²) in [5.41, 5.74) is 4.73. The van der Waals surface area contributed by atoms with Gasteiger partial charge in [-0.25, -0.2) is 0 Å². The number of carbonyl (C=O) groups is 1. The van der Waals surface area contributed by atoms with Gasteiger partial charge in [-0.1, -0.05) is 118 Å². The first kappa shape index (κ1) is 28.0. The lowest BCUT2D eigenvalue weighted by atomic mass is 10.1. The van der Waals surface area contributed by atoms with Crippen LogP contribution < -0.4 is 5.32 Å². The molecule has 0 fully saturated rings. The largest absolute Gasteiger partial charge is 0.349 e. The predicted octanol–water partition coefficient (Wildman–Crippen LogP) is 7.71. The number of unbranched alkanes of at least 4 members (excludes halogenated alkanes) is 8. The van der Waals surface area contributed by atoms with Crippen LogP contribution in [0.3, 0.4) is 0 Å². The van der Waals surface area contributed by atoms with Gasteiger partial charge in [0.1, 0.15) is 0 Å². The number of nitrogens with one attached hydrogen (secondary N) is 1. The first-order valence-corrected chi connectivity index (χ1v) is 14.5. The number of aromatic nitrogens is 3. The van der Waals surface area contributed by atoms with Gasteiger partial charge < -0.3 is 5.32 Å². The second kappa shape index (κ2) is 15.5. The summed E-state index contributed by atoms with van der Waals surface area (Å²) in [5.74, 6) is 1.66. The van der Waals surface area contributed by atoms with Crippen molar-refractivity contribution in [2.75, 3.05) is 0 Å². The molecule has 1 amide bonds. The van der Waals surface area contributed by atoms with Gasteiger partial charge in [-0.05, 0) is 38.0 Å². The first-order valence-electron chi connectivity index (χ1n) is 13.5. The van der Waals surface area contributed by atoms with Gasteiger partial charge in [0.15, 0.2) is 11.0 Å². The summed E-state index contributed by atoms with van der Waals surface area (Å²) < 4.78 is 2.07. The topological polar surface area (TPSA) is 59.8 Å². The number of carbonyl (C=O) groups excluding carboxylic acids is 1. The fourth-order valence-electron chi connectivity index (χ4n) is 4.27. The molecule has 3 aromatic rings. The predicted molar refractivity (Wildman–Crippen MR) is 151 cm³/mol. The number of amides is 1. The molecule has 2 aromatic carbocycles. The minimum absolute atomic E-state index is 0.0883. The molecule has 6 heteroatoms. The minimum Gasteiger partial charge on any atom is -0.349 e. The van der Waals surface area contributed by atoms with E-state index in [1.165, 1.54) is 61.6 Å². The number of thioether (sulfide) groups is 1. The van der Waals surface area contributed by atoms with Crippen molar-refractivity contribution in [3.8, 4) is 5.69 Å². The van der Waals surface area contributed by atoms with Crippen LogP contribution in [0.5, 0.6) is 0 Å². The molecule has 0 bridgehead atoms. The van der Waals surface area contributed by atoms with E-state index in [9.17, 15) is 4.79 Å². The van der Waals surface area contributed by atoms with Crippen molar-refractivity contribution in [1.82, 2.24) is 20.1 Å². The number of nitrogens with zero attached hydrogens (tertiary/aromatic N) is 3. The van der Waals surface area contributed by atoms with Crippen molar-refractivity contribution in [2.45, 2.75) is 102 Å². The molecular formula is C30H42N4OS. The monoisotopic (exact) mass is 506 g/mol. The maximum Gasteiger partial charge on any atom is 0.220 e. The highest BCUT2D eigenvalue weighted by atomic mass is 32.2. The Morgan fingerprint density at radius 2 is 1.56 bits per heavy atom. The van der Waals surface area contributed by atoms with E-state index < -0.39 is 0 Å². The smallest absolute Gasteiger partial charge is 0.220 e. The zero-order valence-corrected chi connectivity index (χ0v) is 23.1. The summed E-state index contributed by atoms with van der Waals surface area (Å²) >= 11 is 1.67. The van der Waals surface area contributed by atoms with Crippen LogP contribution in [0.4, 0.5) is 0 Å². The molecular weight excluding hydrogens is 464 g/mol. The van der Waals surface area contributed by atoms with E-state index in [-0.39, 0.29) is 5.91 Å². The molecule has 194 valence electrons. The van der Waals surface area contributed by atoms with Crippen LogP contribution in [0, 0.1) is 13.8 Å². The molecule has 1 heterocycles. The summed E-state index contributed by atoms with van der Waals surface area (Å²) in [6.07, 6.45) is 11.8. The highest BCUT2D eigenvalue weighted by molar-refractivity contribution is 7.98. The van der Waals surface area contributed by atoms with Crippen molar-refractivity contribution < 1.29 is 4.79 Å². The third kappa shape index (κ3) is 9.45. The maximum absolute atomic E-state index is 12.5. The lowest BCUT2D eigenvalue weighted by Gasteiger charge is -2.11. The Bertz CT molecular complexity index is 1060. The molecule has 5 nitrogen and oxygen atoms in total. The molecule has 0 saturated heterocycles. The number of hydrogen-bond donors (Lipinski definition) is 1. The van der Waals surface area contributed by atoms with Crippen LogP contribution >= 0.6 is 11.8 Å². The summed E-state index contributed by atoms with van der Waals surface area (Å²) in [4.78, 5) is 12.5. The van der Waals surface area contributed by atoms with Crippen LogP contribution in [0.15, 0.2) is 53.7 Å². The summed E-state index contributed by atoms with van der Waals surface area (Å²) in [6, 6.07) is 16.9. The number of benzene rings is 2. The van der Waals surface area contributed by atoms with Crippen LogP contribution in [-0.2, 0) is 17.1 Å². The number of hydrogen-bond acceptors (Lipinski definition) is 4. The van der Waals surface area contributed by atoms with Crippen molar-refractivity contribution in [1.29, 1.82) is 0 Å². The first-order chi connectivity index (χ1) is 17.6. The average molecular weight is 507 g/mol. The summed E-state index contributed by atoms with van der Waals surface area (Å²) in [7, 11) is 0. The third-order valence-corrected chi connectivity index (χ3v) is 7.39. The van der Waals surface area contributed by atoms with E-state index in [2.05, 4.69) is 89.4 Å². The Kier molecular flexibility index (Phi) is 12.0. The minimum atomic E-state index is 0.0883. The van der Waals surface area contributed by atoms with Gasteiger partial charge in [0, 0.05) is 17.9 Å². The molecule has 0 spiro atoms. The van der Waals surface area contributed by atoms with Gasteiger partial charge in [-0.15, -0.1) is 10.2 Å². The second-order valence-corrected chi connectivity index (χ2v) is 10.6. The molecule has 0 aliphatic carbocycles. The Balaban J connectivity index is 1.52. The molecule has 0 aliphatic rings. The molecule has 0 unspecified atom stereocenters. The van der Waals surface area contributed by atoms with E-state index in [1.807, 2.05) is 0 Å². The van der Waals surface area contributed by atoms with Crippen molar-refractivity contribution >= 4 is 17.7 Å². The number of aryl methyl sites for hydroxylation is 2. The zero-order chi connectivity index (χ0) is 25.6. The lowest BCUT2D eigenvalue weighted by molar-refractivity contribution is -0.121. The molecule has 0 radical (unpaired) electrons. The molecule has 1 N–H and O–H groups in total. The van der Waals surface area contributed by atoms with Gasteiger partial charge in [-0.2, -0.15) is 0 Å². The quantitative estimate of drug-likeness (QED) is 0.160. The SMILES string of the molecule is CCCCCCCCCCCC(=O)NCc1nnc(SCc2cccc(C)c2)n1-c1ccc(C)cc1. The lowest BCUT2D eigenvalue weighted by Crippen LogP contribution is -2.24. The summed E-state index contributed by atoms with van der Waals surface area (Å²) in [5, 5.41) is 12.8. The van der Waals surface area contributed by atoms with Crippen LogP contribution in [-0.4, -0.2) is 20.7 Å². The van der Waals surface area contributed by atoms with Gasteiger partial charge >= 0.3 is 0 Å². The molecule has 0 atom stereocenters. The standard InChI is InChI=1S/C30H42N4OS/c1-4-5-6-7-8-9-10-11-12-16-29(35)31-22-28-32-33-30(34(28)27-19-17-24(2)18-20-27)36-23-26-15-13-14-25(3)21-26/h13-15,17-21H,4-12,16,22-23H2,1-3H3,(H,31,35). The molecule has 36 heavy (non-hydrogen) atoms. The second-order valence-electron chi connectivity index (χ2n) is 9.70. The van der Waals surface area contributed by atoms with Gasteiger partial charge in [0.25, 0.3) is 0 Å². The van der Waals surface area contributed by atoms with Crippen molar-refractivity contribution in [2.24, 2.45) is 0 Å². The Hall–Kier alpha value is -2.60. The van der Waals surface area contributed by atoms with Gasteiger partial charge in [0.2, 0.25) is 5.91 Å². The fraction of sp³-hybridized carbons (Fsp3) is 0.500. The van der Waals surface area contributed by atoms with E-state index in [1.54, 1.807) is 11.8 Å². The fourth-order valence-corrected chi connectivity index (χ4v) is 5.19. The molecule has 1 aromatic heterocycles. The maximum atomic E-state index is 12.5. The molecule has 3 rings (SSSR count). The van der Waals surface area contributed by atoms with Crippen molar-refractivity contribution in [3.63, 3.8) is 0 Å². The van der Waals surface area contributed by atoms with E-state index in [0.717, 1.165) is 35.3 Å². The van der Waals surface area contributed by atoms with Crippen LogP contribution in [0.25, 0.3) is 5.69 Å². The van der Waals surface area contributed by atoms with Crippen molar-refractivity contribution in [3.05, 3.63) is 71.0 Å². The average Bonchev–Trinajstić information content (AvgIpc) is 3.28. The van der Waals surface area contributed by atoms with Gasteiger partial charge in [-0.3, -0.25) is 9.36 Å². The van der Waals surface area contributed by atoms with Crippen LogP contribution in [0.2, 0.25) is 0 Å². The molecule has 0 saturated carbocycles. The highest BCUT2D eigenvalue weighted by Crippen LogP contribution is 2.26. The third-order valence-electron chi connectivity index (χ3n) is 6.39. The highest BCUT2D eigenvalue weighted by Gasteiger charge is 2.15. The number of rotatable bonds is 16. The Morgan fingerprint density at radius 3 is 2.25 bits per heavy atom. The van der Waals surface area contributed by atoms with Crippen LogP contribution in [0.1, 0.15) is 93.6 Å². The zero-order valence-electron chi connectivity index (χ0n) is 22.3. The van der Waals surface area contributed by atoms with E-state index >= 15 is 0 Å².